The Hall–Kier alpha value is -1.16. The van der Waals surface area contributed by atoms with Crippen LogP contribution in [0.5, 0.6) is 0 Å². The standard InChI is InChI=1S/C11H18N4/c1-15(11-6-13-9-14-7-11)8-10-2-4-12-5-3-10/h6-7,9-10,12H,2-5,8H2,1H3. The lowest BCUT2D eigenvalue weighted by molar-refractivity contribution is 0.378. The van der Waals surface area contributed by atoms with Gasteiger partial charge in [0.05, 0.1) is 18.1 Å². The minimum absolute atomic E-state index is 0.802. The normalized spacial score (nSPS) is 17.7. The lowest BCUT2D eigenvalue weighted by Gasteiger charge is -2.28. The summed E-state index contributed by atoms with van der Waals surface area (Å²) in [7, 11) is 2.11. The van der Waals surface area contributed by atoms with Crippen LogP contribution in [0.4, 0.5) is 5.69 Å². The topological polar surface area (TPSA) is 41.0 Å². The molecular formula is C11H18N4. The highest BCUT2D eigenvalue weighted by atomic mass is 15.1. The third kappa shape index (κ3) is 2.89. The van der Waals surface area contributed by atoms with E-state index in [1.165, 1.54) is 12.8 Å². The van der Waals surface area contributed by atoms with Crippen molar-refractivity contribution in [3.63, 3.8) is 0 Å². The van der Waals surface area contributed by atoms with Crippen LogP contribution in [-0.2, 0) is 0 Å². The van der Waals surface area contributed by atoms with E-state index >= 15 is 0 Å². The molecule has 4 heteroatoms. The predicted octanol–water partition coefficient (Wildman–Crippen LogP) is 0.912. The highest BCUT2D eigenvalue weighted by molar-refractivity contribution is 5.40. The zero-order valence-electron chi connectivity index (χ0n) is 9.19. The van der Waals surface area contributed by atoms with E-state index in [0.29, 0.717) is 0 Å². The van der Waals surface area contributed by atoms with Crippen LogP contribution in [0.2, 0.25) is 0 Å². The monoisotopic (exact) mass is 206 g/mol. The Morgan fingerprint density at radius 3 is 2.67 bits per heavy atom. The molecule has 1 N–H and O–H groups in total. The molecule has 15 heavy (non-hydrogen) atoms. The van der Waals surface area contributed by atoms with Gasteiger partial charge in [0, 0.05) is 13.6 Å². The first-order chi connectivity index (χ1) is 7.36. The molecule has 0 aromatic carbocycles. The lowest BCUT2D eigenvalue weighted by Crippen LogP contribution is -2.34. The number of rotatable bonds is 3. The van der Waals surface area contributed by atoms with Crippen molar-refractivity contribution in [2.45, 2.75) is 12.8 Å². The van der Waals surface area contributed by atoms with Crippen molar-refractivity contribution in [1.82, 2.24) is 15.3 Å². The Balaban J connectivity index is 1.88. The maximum Gasteiger partial charge on any atom is 0.115 e. The van der Waals surface area contributed by atoms with Gasteiger partial charge in [-0.05, 0) is 31.8 Å². The summed E-state index contributed by atoms with van der Waals surface area (Å²) in [4.78, 5) is 10.3. The molecule has 0 bridgehead atoms. The number of nitrogens with one attached hydrogen (secondary N) is 1. The highest BCUT2D eigenvalue weighted by Gasteiger charge is 2.15. The minimum Gasteiger partial charge on any atom is -0.372 e. The second kappa shape index (κ2) is 5.07. The molecule has 0 amide bonds. The molecule has 1 fully saturated rings. The Morgan fingerprint density at radius 2 is 2.00 bits per heavy atom. The molecule has 2 heterocycles. The van der Waals surface area contributed by atoms with Gasteiger partial charge >= 0.3 is 0 Å². The van der Waals surface area contributed by atoms with E-state index in [2.05, 4.69) is 27.2 Å². The largest absolute Gasteiger partial charge is 0.372 e. The third-order valence-electron chi connectivity index (χ3n) is 2.98. The third-order valence-corrected chi connectivity index (χ3v) is 2.98. The van der Waals surface area contributed by atoms with E-state index in [-0.39, 0.29) is 0 Å². The van der Waals surface area contributed by atoms with Gasteiger partial charge in [-0.2, -0.15) is 0 Å². The molecule has 0 radical (unpaired) electrons. The van der Waals surface area contributed by atoms with Gasteiger partial charge in [0.2, 0.25) is 0 Å². The van der Waals surface area contributed by atoms with Crippen molar-refractivity contribution >= 4 is 5.69 Å². The summed E-state index contributed by atoms with van der Waals surface area (Å²) in [5.74, 6) is 0.802. The van der Waals surface area contributed by atoms with Gasteiger partial charge in [-0.15, -0.1) is 0 Å². The zero-order valence-corrected chi connectivity index (χ0v) is 9.19. The molecule has 1 aliphatic rings. The first-order valence-corrected chi connectivity index (χ1v) is 5.53. The van der Waals surface area contributed by atoms with Crippen molar-refractivity contribution < 1.29 is 0 Å². The van der Waals surface area contributed by atoms with E-state index in [1.807, 2.05) is 12.4 Å². The predicted molar refractivity (Wildman–Crippen MR) is 60.9 cm³/mol. The molecule has 82 valence electrons. The van der Waals surface area contributed by atoms with Gasteiger partial charge in [0.25, 0.3) is 0 Å². The molecule has 0 aliphatic carbocycles. The van der Waals surface area contributed by atoms with E-state index < -0.39 is 0 Å². The Morgan fingerprint density at radius 1 is 1.33 bits per heavy atom. The average Bonchev–Trinajstić information content (AvgIpc) is 2.31. The van der Waals surface area contributed by atoms with Gasteiger partial charge in [-0.1, -0.05) is 0 Å². The second-order valence-electron chi connectivity index (χ2n) is 4.17. The summed E-state index contributed by atoms with van der Waals surface area (Å²) >= 11 is 0. The summed E-state index contributed by atoms with van der Waals surface area (Å²) in [6.45, 7) is 3.42. The molecule has 0 unspecified atom stereocenters. The highest BCUT2D eigenvalue weighted by Crippen LogP contribution is 2.16. The summed E-state index contributed by atoms with van der Waals surface area (Å²) in [5.41, 5.74) is 1.11. The summed E-state index contributed by atoms with van der Waals surface area (Å²) in [5, 5.41) is 3.38. The number of nitrogens with zero attached hydrogens (tertiary/aromatic N) is 3. The molecule has 0 saturated carbocycles. The maximum atomic E-state index is 4.03. The summed E-state index contributed by atoms with van der Waals surface area (Å²) in [6, 6.07) is 0. The van der Waals surface area contributed by atoms with Crippen LogP contribution in [0.3, 0.4) is 0 Å². The maximum absolute atomic E-state index is 4.03. The summed E-state index contributed by atoms with van der Waals surface area (Å²) < 4.78 is 0. The fraction of sp³-hybridized carbons (Fsp3) is 0.636. The van der Waals surface area contributed by atoms with Gasteiger partial charge in [0.15, 0.2) is 0 Å². The van der Waals surface area contributed by atoms with E-state index in [9.17, 15) is 0 Å². The van der Waals surface area contributed by atoms with Crippen LogP contribution in [-0.4, -0.2) is 36.6 Å². The van der Waals surface area contributed by atoms with Crippen LogP contribution < -0.4 is 10.2 Å². The number of anilines is 1. The fourth-order valence-electron chi connectivity index (χ4n) is 2.05. The molecule has 0 atom stereocenters. The van der Waals surface area contributed by atoms with Crippen molar-refractivity contribution in [2.24, 2.45) is 5.92 Å². The van der Waals surface area contributed by atoms with Gasteiger partial charge < -0.3 is 10.2 Å². The van der Waals surface area contributed by atoms with Crippen LogP contribution in [0, 0.1) is 5.92 Å². The van der Waals surface area contributed by atoms with Crippen LogP contribution >= 0.6 is 0 Å². The van der Waals surface area contributed by atoms with Gasteiger partial charge in [0.1, 0.15) is 6.33 Å². The quantitative estimate of drug-likeness (QED) is 0.798. The van der Waals surface area contributed by atoms with Crippen molar-refractivity contribution in [2.75, 3.05) is 31.6 Å². The van der Waals surface area contributed by atoms with E-state index in [4.69, 9.17) is 0 Å². The molecule has 1 aromatic heterocycles. The average molecular weight is 206 g/mol. The fourth-order valence-corrected chi connectivity index (χ4v) is 2.05. The van der Waals surface area contributed by atoms with E-state index in [0.717, 1.165) is 31.2 Å². The van der Waals surface area contributed by atoms with Crippen LogP contribution in [0.15, 0.2) is 18.7 Å². The Kier molecular flexibility index (Phi) is 3.50. The first kappa shape index (κ1) is 10.4. The number of hydrogen-bond donors (Lipinski definition) is 1. The van der Waals surface area contributed by atoms with Gasteiger partial charge in [-0.3, -0.25) is 0 Å². The van der Waals surface area contributed by atoms with Crippen LogP contribution in [0.1, 0.15) is 12.8 Å². The molecule has 2 rings (SSSR count). The van der Waals surface area contributed by atoms with Crippen molar-refractivity contribution in [1.29, 1.82) is 0 Å². The number of hydrogen-bond acceptors (Lipinski definition) is 4. The van der Waals surface area contributed by atoms with E-state index in [1.54, 1.807) is 6.33 Å². The summed E-state index contributed by atoms with van der Waals surface area (Å²) in [6.07, 6.45) is 7.86. The SMILES string of the molecule is CN(CC1CCNCC1)c1cncnc1. The van der Waals surface area contributed by atoms with Crippen molar-refractivity contribution in [3.8, 4) is 0 Å². The molecule has 4 nitrogen and oxygen atoms in total. The van der Waals surface area contributed by atoms with Crippen molar-refractivity contribution in [3.05, 3.63) is 18.7 Å². The minimum atomic E-state index is 0.802. The zero-order chi connectivity index (χ0) is 10.5. The van der Waals surface area contributed by atoms with Gasteiger partial charge in [-0.25, -0.2) is 9.97 Å². The molecule has 1 aromatic rings. The molecule has 1 aliphatic heterocycles. The number of aromatic nitrogens is 2. The Labute approximate surface area is 90.7 Å². The smallest absolute Gasteiger partial charge is 0.115 e. The molecular weight excluding hydrogens is 188 g/mol. The molecule has 1 saturated heterocycles. The van der Waals surface area contributed by atoms with Crippen LogP contribution in [0.25, 0.3) is 0 Å². The molecule has 0 spiro atoms. The second-order valence-corrected chi connectivity index (χ2v) is 4.17. The number of piperidine rings is 1. The Bertz CT molecular complexity index is 282. The first-order valence-electron chi connectivity index (χ1n) is 5.53. The lowest BCUT2D eigenvalue weighted by atomic mass is 9.98.